The van der Waals surface area contributed by atoms with E-state index >= 15 is 0 Å². The molecule has 2 rings (SSSR count). The Hall–Kier alpha value is -1.61. The second-order valence-corrected chi connectivity index (χ2v) is 4.60. The average Bonchev–Trinajstić information content (AvgIpc) is 2.42. The summed E-state index contributed by atoms with van der Waals surface area (Å²) < 4.78 is 2.94. The van der Waals surface area contributed by atoms with Crippen molar-refractivity contribution in [3.05, 3.63) is 53.3 Å². The van der Waals surface area contributed by atoms with Crippen molar-refractivity contribution in [1.82, 2.24) is 4.57 Å². The molecule has 0 radical (unpaired) electrons. The second kappa shape index (κ2) is 5.83. The van der Waals surface area contributed by atoms with Gasteiger partial charge in [0.2, 0.25) is 0 Å². The fourth-order valence-corrected chi connectivity index (χ4v) is 2.13. The molecule has 2 nitrogen and oxygen atoms in total. The molecule has 0 fully saturated rings. The van der Waals surface area contributed by atoms with Crippen LogP contribution >= 0.6 is 12.2 Å². The standard InChI is InChI=1S/C15H18N2S/c1-3-16(4-2)13-5-7-14(8-6-13)17-11-9-15(18)10-12-17/h5-12H,3-4H2,1-2H3. The van der Waals surface area contributed by atoms with E-state index in [2.05, 4.69) is 47.6 Å². The van der Waals surface area contributed by atoms with Crippen LogP contribution in [0.2, 0.25) is 0 Å². The Bertz CT molecular complexity index is 533. The van der Waals surface area contributed by atoms with Gasteiger partial charge >= 0.3 is 0 Å². The number of pyridine rings is 1. The predicted octanol–water partition coefficient (Wildman–Crippen LogP) is 4.05. The lowest BCUT2D eigenvalue weighted by Gasteiger charge is -2.21. The fourth-order valence-electron chi connectivity index (χ4n) is 2.01. The minimum atomic E-state index is 0.867. The minimum absolute atomic E-state index is 0.867. The van der Waals surface area contributed by atoms with Gasteiger partial charge in [0.15, 0.2) is 0 Å². The third-order valence-electron chi connectivity index (χ3n) is 3.08. The number of hydrogen-bond acceptors (Lipinski definition) is 2. The van der Waals surface area contributed by atoms with Gasteiger partial charge in [0, 0.05) is 41.4 Å². The van der Waals surface area contributed by atoms with Gasteiger partial charge in [0.25, 0.3) is 0 Å². The molecule has 3 heteroatoms. The summed E-state index contributed by atoms with van der Waals surface area (Å²) in [7, 11) is 0. The molecular weight excluding hydrogens is 240 g/mol. The van der Waals surface area contributed by atoms with E-state index in [4.69, 9.17) is 12.2 Å². The molecule has 0 amide bonds. The van der Waals surface area contributed by atoms with Crippen LogP contribution in [0.4, 0.5) is 5.69 Å². The van der Waals surface area contributed by atoms with Crippen LogP contribution in [-0.2, 0) is 0 Å². The lowest BCUT2D eigenvalue weighted by atomic mass is 10.2. The van der Waals surface area contributed by atoms with Gasteiger partial charge in [-0.25, -0.2) is 0 Å². The van der Waals surface area contributed by atoms with Gasteiger partial charge in [-0.1, -0.05) is 12.2 Å². The largest absolute Gasteiger partial charge is 0.372 e. The summed E-state index contributed by atoms with van der Waals surface area (Å²) in [5.41, 5.74) is 2.42. The molecule has 1 aromatic carbocycles. The highest BCUT2D eigenvalue weighted by atomic mass is 32.1. The van der Waals surface area contributed by atoms with Crippen LogP contribution < -0.4 is 4.90 Å². The Labute approximate surface area is 113 Å². The topological polar surface area (TPSA) is 8.17 Å². The van der Waals surface area contributed by atoms with Gasteiger partial charge in [0.1, 0.15) is 0 Å². The lowest BCUT2D eigenvalue weighted by Crippen LogP contribution is -2.21. The zero-order valence-corrected chi connectivity index (χ0v) is 11.7. The minimum Gasteiger partial charge on any atom is -0.372 e. The molecule has 94 valence electrons. The summed E-state index contributed by atoms with van der Waals surface area (Å²) >= 11 is 5.09. The Morgan fingerprint density at radius 1 is 0.944 bits per heavy atom. The molecule has 2 aromatic rings. The summed E-state index contributed by atoms with van der Waals surface area (Å²) in [6, 6.07) is 12.5. The van der Waals surface area contributed by atoms with Gasteiger partial charge in [-0.2, -0.15) is 0 Å². The van der Waals surface area contributed by atoms with Crippen molar-refractivity contribution in [2.75, 3.05) is 18.0 Å². The third kappa shape index (κ3) is 2.79. The van der Waals surface area contributed by atoms with Gasteiger partial charge in [-0.15, -0.1) is 0 Å². The quantitative estimate of drug-likeness (QED) is 0.764. The van der Waals surface area contributed by atoms with E-state index in [-0.39, 0.29) is 0 Å². The zero-order chi connectivity index (χ0) is 13.0. The van der Waals surface area contributed by atoms with Crippen LogP contribution in [-0.4, -0.2) is 17.7 Å². The van der Waals surface area contributed by atoms with Crippen molar-refractivity contribution in [3.63, 3.8) is 0 Å². The van der Waals surface area contributed by atoms with Crippen LogP contribution in [0.25, 0.3) is 5.69 Å². The van der Waals surface area contributed by atoms with Crippen LogP contribution in [0.15, 0.2) is 48.8 Å². The number of hydrogen-bond donors (Lipinski definition) is 0. The normalized spacial score (nSPS) is 10.3. The Kier molecular flexibility index (Phi) is 4.15. The zero-order valence-electron chi connectivity index (χ0n) is 10.8. The second-order valence-electron chi connectivity index (χ2n) is 4.13. The Morgan fingerprint density at radius 3 is 2.00 bits per heavy atom. The molecule has 0 aliphatic rings. The molecule has 0 unspecified atom stereocenters. The monoisotopic (exact) mass is 258 g/mol. The van der Waals surface area contributed by atoms with Gasteiger partial charge in [-0.05, 0) is 50.2 Å². The molecule has 0 bridgehead atoms. The van der Waals surface area contributed by atoms with Crippen molar-refractivity contribution in [2.24, 2.45) is 0 Å². The first-order valence-electron chi connectivity index (χ1n) is 6.28. The van der Waals surface area contributed by atoms with E-state index in [1.54, 1.807) is 0 Å². The number of aromatic nitrogens is 1. The molecule has 1 heterocycles. The molecule has 1 aromatic heterocycles. The summed E-state index contributed by atoms with van der Waals surface area (Å²) in [4.78, 5) is 2.33. The number of rotatable bonds is 4. The average molecular weight is 258 g/mol. The maximum absolute atomic E-state index is 5.09. The van der Waals surface area contributed by atoms with E-state index in [9.17, 15) is 0 Å². The molecule has 18 heavy (non-hydrogen) atoms. The van der Waals surface area contributed by atoms with Gasteiger partial charge in [0.05, 0.1) is 0 Å². The molecule has 0 saturated carbocycles. The van der Waals surface area contributed by atoms with E-state index in [0.29, 0.717) is 0 Å². The predicted molar refractivity (Wildman–Crippen MR) is 80.2 cm³/mol. The first-order valence-corrected chi connectivity index (χ1v) is 6.69. The highest BCUT2D eigenvalue weighted by Gasteiger charge is 2.01. The molecule has 0 saturated heterocycles. The van der Waals surface area contributed by atoms with Crippen LogP contribution in [0.5, 0.6) is 0 Å². The van der Waals surface area contributed by atoms with Crippen molar-refractivity contribution in [2.45, 2.75) is 13.8 Å². The summed E-state index contributed by atoms with van der Waals surface area (Å²) in [5, 5.41) is 0. The van der Waals surface area contributed by atoms with Crippen LogP contribution in [0.1, 0.15) is 13.8 Å². The number of nitrogens with zero attached hydrogens (tertiary/aromatic N) is 2. The third-order valence-corrected chi connectivity index (χ3v) is 3.35. The van der Waals surface area contributed by atoms with Crippen molar-refractivity contribution < 1.29 is 0 Å². The van der Waals surface area contributed by atoms with E-state index < -0.39 is 0 Å². The molecule has 0 aliphatic heterocycles. The van der Waals surface area contributed by atoms with Crippen LogP contribution in [0.3, 0.4) is 0 Å². The van der Waals surface area contributed by atoms with E-state index in [1.807, 2.05) is 24.5 Å². The highest BCUT2D eigenvalue weighted by Crippen LogP contribution is 2.17. The SMILES string of the molecule is CCN(CC)c1ccc(-n2ccc(=S)cc2)cc1. The lowest BCUT2D eigenvalue weighted by molar-refractivity contribution is 0.865. The van der Waals surface area contributed by atoms with E-state index in [0.717, 1.165) is 23.3 Å². The van der Waals surface area contributed by atoms with Crippen molar-refractivity contribution >= 4 is 17.9 Å². The molecule has 0 atom stereocenters. The van der Waals surface area contributed by atoms with Crippen LogP contribution in [0, 0.1) is 4.51 Å². The maximum Gasteiger partial charge on any atom is 0.0450 e. The molecular formula is C15H18N2S. The van der Waals surface area contributed by atoms with Crippen molar-refractivity contribution in [1.29, 1.82) is 0 Å². The van der Waals surface area contributed by atoms with Crippen molar-refractivity contribution in [3.8, 4) is 5.69 Å². The highest BCUT2D eigenvalue weighted by molar-refractivity contribution is 7.71. The maximum atomic E-state index is 5.09. The molecule has 0 N–H and O–H groups in total. The Morgan fingerprint density at radius 2 is 1.50 bits per heavy atom. The molecule has 0 spiro atoms. The fraction of sp³-hybridized carbons (Fsp3) is 0.267. The first kappa shape index (κ1) is 12.8. The van der Waals surface area contributed by atoms with Gasteiger partial charge in [-0.3, -0.25) is 0 Å². The Balaban J connectivity index is 2.27. The first-order chi connectivity index (χ1) is 8.74. The number of benzene rings is 1. The van der Waals surface area contributed by atoms with E-state index in [1.165, 1.54) is 5.69 Å². The number of anilines is 1. The van der Waals surface area contributed by atoms with Gasteiger partial charge < -0.3 is 9.47 Å². The summed E-state index contributed by atoms with van der Waals surface area (Å²) in [6.07, 6.45) is 3.99. The molecule has 0 aliphatic carbocycles. The summed E-state index contributed by atoms with van der Waals surface area (Å²) in [6.45, 7) is 6.42. The smallest absolute Gasteiger partial charge is 0.0450 e. The summed E-state index contributed by atoms with van der Waals surface area (Å²) in [5.74, 6) is 0.